The molecule has 0 amide bonds. The standard InChI is InChI=1S/C11H18O5/c1-4-5-6-8(10(13)15-2)7-9(12)11(14)16-3/h8H,4-7H2,1-3H3. The minimum Gasteiger partial charge on any atom is -0.469 e. The molecule has 0 heterocycles. The Morgan fingerprint density at radius 2 is 1.75 bits per heavy atom. The van der Waals surface area contributed by atoms with E-state index in [4.69, 9.17) is 0 Å². The molecule has 0 saturated heterocycles. The highest BCUT2D eigenvalue weighted by Gasteiger charge is 2.25. The second-order valence-corrected chi connectivity index (χ2v) is 3.48. The number of methoxy groups -OCH3 is 2. The predicted molar refractivity (Wildman–Crippen MR) is 56.7 cm³/mol. The van der Waals surface area contributed by atoms with Crippen molar-refractivity contribution in [3.63, 3.8) is 0 Å². The van der Waals surface area contributed by atoms with E-state index in [2.05, 4.69) is 9.47 Å². The van der Waals surface area contributed by atoms with Crippen molar-refractivity contribution in [1.82, 2.24) is 0 Å². The summed E-state index contributed by atoms with van der Waals surface area (Å²) in [5.41, 5.74) is 0. The van der Waals surface area contributed by atoms with Gasteiger partial charge in [0.25, 0.3) is 0 Å². The molecule has 0 aromatic rings. The van der Waals surface area contributed by atoms with E-state index in [0.717, 1.165) is 20.0 Å². The van der Waals surface area contributed by atoms with Crippen LogP contribution in [0.15, 0.2) is 0 Å². The number of Topliss-reactive ketones (excluding diaryl/α,β-unsaturated/α-hetero) is 1. The number of ether oxygens (including phenoxy) is 2. The summed E-state index contributed by atoms with van der Waals surface area (Å²) in [4.78, 5) is 33.5. The van der Waals surface area contributed by atoms with Crippen molar-refractivity contribution in [2.45, 2.75) is 32.6 Å². The summed E-state index contributed by atoms with van der Waals surface area (Å²) in [5.74, 6) is -2.60. The molecule has 0 radical (unpaired) electrons. The SMILES string of the molecule is CCCCC(CC(=O)C(=O)OC)C(=O)OC. The molecule has 5 nitrogen and oxygen atoms in total. The zero-order valence-corrected chi connectivity index (χ0v) is 9.95. The van der Waals surface area contributed by atoms with Crippen LogP contribution in [0.2, 0.25) is 0 Å². The molecular formula is C11H18O5. The molecule has 1 atom stereocenters. The van der Waals surface area contributed by atoms with Gasteiger partial charge in [-0.1, -0.05) is 19.8 Å². The molecule has 0 bridgehead atoms. The third-order valence-electron chi connectivity index (χ3n) is 2.29. The van der Waals surface area contributed by atoms with Crippen LogP contribution < -0.4 is 0 Å². The van der Waals surface area contributed by atoms with Crippen molar-refractivity contribution in [2.24, 2.45) is 5.92 Å². The number of rotatable bonds is 7. The molecule has 0 aromatic heterocycles. The minimum absolute atomic E-state index is 0.140. The van der Waals surface area contributed by atoms with E-state index in [1.165, 1.54) is 7.11 Å². The van der Waals surface area contributed by atoms with Gasteiger partial charge >= 0.3 is 11.9 Å². The first-order chi connectivity index (χ1) is 7.56. The van der Waals surface area contributed by atoms with Crippen LogP contribution in [-0.4, -0.2) is 31.9 Å². The summed E-state index contributed by atoms with van der Waals surface area (Å²) in [6, 6.07) is 0. The zero-order valence-electron chi connectivity index (χ0n) is 9.95. The molecule has 5 heteroatoms. The highest BCUT2D eigenvalue weighted by molar-refractivity contribution is 6.33. The highest BCUT2D eigenvalue weighted by atomic mass is 16.5. The van der Waals surface area contributed by atoms with E-state index >= 15 is 0 Å². The van der Waals surface area contributed by atoms with E-state index in [0.29, 0.717) is 6.42 Å². The molecule has 0 rings (SSSR count). The lowest BCUT2D eigenvalue weighted by atomic mass is 9.96. The van der Waals surface area contributed by atoms with Gasteiger partial charge in [0.15, 0.2) is 0 Å². The van der Waals surface area contributed by atoms with Crippen molar-refractivity contribution in [1.29, 1.82) is 0 Å². The Bertz CT molecular complexity index is 259. The fourth-order valence-corrected chi connectivity index (χ4v) is 1.34. The van der Waals surface area contributed by atoms with Gasteiger partial charge in [-0.25, -0.2) is 4.79 Å². The maximum Gasteiger partial charge on any atom is 0.374 e. The number of unbranched alkanes of at least 4 members (excludes halogenated alkanes) is 1. The van der Waals surface area contributed by atoms with Gasteiger partial charge in [0, 0.05) is 6.42 Å². The Morgan fingerprint density at radius 1 is 1.12 bits per heavy atom. The lowest BCUT2D eigenvalue weighted by Crippen LogP contribution is -2.24. The summed E-state index contributed by atoms with van der Waals surface area (Å²) in [6.45, 7) is 1.98. The normalized spacial score (nSPS) is 11.7. The maximum atomic E-state index is 11.3. The average molecular weight is 230 g/mol. The number of esters is 2. The Hall–Kier alpha value is -1.39. The summed E-state index contributed by atoms with van der Waals surface area (Å²) in [5, 5.41) is 0. The summed E-state index contributed by atoms with van der Waals surface area (Å²) >= 11 is 0. The number of ketones is 1. The molecule has 92 valence electrons. The first kappa shape index (κ1) is 14.6. The van der Waals surface area contributed by atoms with E-state index < -0.39 is 23.6 Å². The Kier molecular flexibility index (Phi) is 7.16. The molecule has 0 fully saturated rings. The quantitative estimate of drug-likeness (QED) is 0.484. The van der Waals surface area contributed by atoms with Crippen molar-refractivity contribution in [3.05, 3.63) is 0 Å². The van der Waals surface area contributed by atoms with Gasteiger partial charge in [-0.2, -0.15) is 0 Å². The first-order valence-corrected chi connectivity index (χ1v) is 5.25. The van der Waals surface area contributed by atoms with Crippen LogP contribution in [-0.2, 0) is 23.9 Å². The Balaban J connectivity index is 4.35. The van der Waals surface area contributed by atoms with E-state index in [1.807, 2.05) is 6.92 Å². The zero-order chi connectivity index (χ0) is 12.6. The maximum absolute atomic E-state index is 11.3. The largest absolute Gasteiger partial charge is 0.469 e. The average Bonchev–Trinajstić information content (AvgIpc) is 2.31. The molecule has 0 spiro atoms. The first-order valence-electron chi connectivity index (χ1n) is 5.25. The molecule has 0 aliphatic heterocycles. The van der Waals surface area contributed by atoms with Crippen LogP contribution in [0.25, 0.3) is 0 Å². The number of hydrogen-bond acceptors (Lipinski definition) is 5. The smallest absolute Gasteiger partial charge is 0.374 e. The van der Waals surface area contributed by atoms with Gasteiger partial charge in [0.05, 0.1) is 20.1 Å². The Labute approximate surface area is 95.1 Å². The van der Waals surface area contributed by atoms with Gasteiger partial charge < -0.3 is 9.47 Å². The Morgan fingerprint density at radius 3 is 2.19 bits per heavy atom. The molecular weight excluding hydrogens is 212 g/mol. The second-order valence-electron chi connectivity index (χ2n) is 3.48. The van der Waals surface area contributed by atoms with Crippen LogP contribution in [0, 0.1) is 5.92 Å². The van der Waals surface area contributed by atoms with Gasteiger partial charge in [-0.15, -0.1) is 0 Å². The van der Waals surface area contributed by atoms with E-state index in [9.17, 15) is 14.4 Å². The lowest BCUT2D eigenvalue weighted by Gasteiger charge is -2.12. The van der Waals surface area contributed by atoms with Gasteiger partial charge in [-0.05, 0) is 6.42 Å². The number of carbonyl (C=O) groups is 3. The molecule has 1 unspecified atom stereocenters. The van der Waals surface area contributed by atoms with Crippen molar-refractivity contribution in [3.8, 4) is 0 Å². The monoisotopic (exact) mass is 230 g/mol. The van der Waals surface area contributed by atoms with Crippen LogP contribution in [0.3, 0.4) is 0 Å². The fraction of sp³-hybridized carbons (Fsp3) is 0.727. The van der Waals surface area contributed by atoms with E-state index in [1.54, 1.807) is 0 Å². The predicted octanol–water partition coefficient (Wildman–Crippen LogP) is 1.10. The fourth-order valence-electron chi connectivity index (χ4n) is 1.34. The van der Waals surface area contributed by atoms with Crippen LogP contribution in [0.5, 0.6) is 0 Å². The van der Waals surface area contributed by atoms with Gasteiger partial charge in [0.1, 0.15) is 0 Å². The summed E-state index contributed by atoms with van der Waals surface area (Å²) in [6.07, 6.45) is 2.14. The van der Waals surface area contributed by atoms with Crippen molar-refractivity contribution < 1.29 is 23.9 Å². The van der Waals surface area contributed by atoms with Gasteiger partial charge in [0.2, 0.25) is 5.78 Å². The second kappa shape index (κ2) is 7.84. The number of hydrogen-bond donors (Lipinski definition) is 0. The molecule has 0 aliphatic carbocycles. The molecule has 0 N–H and O–H groups in total. The van der Waals surface area contributed by atoms with Crippen molar-refractivity contribution in [2.75, 3.05) is 14.2 Å². The third-order valence-corrected chi connectivity index (χ3v) is 2.29. The molecule has 0 aromatic carbocycles. The summed E-state index contributed by atoms with van der Waals surface area (Å²) < 4.78 is 8.87. The highest BCUT2D eigenvalue weighted by Crippen LogP contribution is 2.15. The number of carbonyl (C=O) groups excluding carboxylic acids is 3. The molecule has 0 saturated carbocycles. The van der Waals surface area contributed by atoms with Crippen LogP contribution in [0.1, 0.15) is 32.6 Å². The van der Waals surface area contributed by atoms with Crippen LogP contribution in [0.4, 0.5) is 0 Å². The van der Waals surface area contributed by atoms with E-state index in [-0.39, 0.29) is 6.42 Å². The lowest BCUT2D eigenvalue weighted by molar-refractivity contribution is -0.154. The minimum atomic E-state index is -0.912. The molecule has 0 aliphatic rings. The molecule has 16 heavy (non-hydrogen) atoms. The van der Waals surface area contributed by atoms with Gasteiger partial charge in [-0.3, -0.25) is 9.59 Å². The third kappa shape index (κ3) is 4.91. The van der Waals surface area contributed by atoms with Crippen LogP contribution >= 0.6 is 0 Å². The summed E-state index contributed by atoms with van der Waals surface area (Å²) in [7, 11) is 2.41. The van der Waals surface area contributed by atoms with Crippen molar-refractivity contribution >= 4 is 17.7 Å². The topological polar surface area (TPSA) is 69.7 Å².